The molecule has 6 atom stereocenters. The van der Waals surface area contributed by atoms with E-state index in [2.05, 4.69) is 144 Å². The van der Waals surface area contributed by atoms with Gasteiger partial charge in [-0.15, -0.1) is 11.8 Å². The van der Waals surface area contributed by atoms with Crippen molar-refractivity contribution in [1.82, 2.24) is 9.88 Å². The van der Waals surface area contributed by atoms with Gasteiger partial charge in [0.1, 0.15) is 23.9 Å². The quantitative estimate of drug-likeness (QED) is 0.263. The highest BCUT2D eigenvalue weighted by molar-refractivity contribution is 8.00. The molecule has 2 aromatic carbocycles. The molecular formula is C52H48N4OS. The predicted octanol–water partition coefficient (Wildman–Crippen LogP) is 11.8. The van der Waals surface area contributed by atoms with Gasteiger partial charge in [-0.3, -0.25) is 0 Å². The standard InChI is InChI=1S/C52H48N4OS/c1-52-29-11-10-18-46(52)58-48-41(52)27-28-43-47(48)40-16-8-9-17-42(40)56(43)37-24-26-39-38-25-23-36(30-44(38)57-45(39)31-37)51-54-49(34-14-6-3-7-15-34)53-50(55-51)35-21-19-33(20-22-35)32-12-4-2-5-13-32/h2,4,8,10-12,14,16,18-21,23-31,35,39,45-46,49H,3,5-7,9,13,15,17,22H2,1H3,(H,53,54,55). The van der Waals surface area contributed by atoms with Crippen LogP contribution in [0.2, 0.25) is 0 Å². The predicted molar refractivity (Wildman–Crippen MR) is 241 cm³/mol. The monoisotopic (exact) mass is 776 g/mol. The minimum absolute atomic E-state index is 0.0232. The Balaban J connectivity index is 0.863. The molecule has 0 fully saturated rings. The Bertz CT molecular complexity index is 2680. The van der Waals surface area contributed by atoms with E-state index in [1.165, 1.54) is 73.4 Å². The number of rotatable bonds is 5. The van der Waals surface area contributed by atoms with Crippen molar-refractivity contribution < 1.29 is 4.74 Å². The van der Waals surface area contributed by atoms with Gasteiger partial charge in [0.15, 0.2) is 5.84 Å². The van der Waals surface area contributed by atoms with Gasteiger partial charge in [0, 0.05) is 60.9 Å². The Morgan fingerprint density at radius 2 is 1.88 bits per heavy atom. The molecule has 0 saturated carbocycles. The second kappa shape index (κ2) is 13.6. The Kier molecular flexibility index (Phi) is 8.15. The van der Waals surface area contributed by atoms with Crippen LogP contribution >= 0.6 is 11.8 Å². The van der Waals surface area contributed by atoms with Gasteiger partial charge < -0.3 is 14.6 Å². The van der Waals surface area contributed by atoms with Crippen LogP contribution in [0.1, 0.15) is 92.2 Å². The van der Waals surface area contributed by atoms with E-state index < -0.39 is 0 Å². The van der Waals surface area contributed by atoms with Crippen LogP contribution in [-0.2, 0) is 11.8 Å². The largest absolute Gasteiger partial charge is 0.485 e. The highest BCUT2D eigenvalue weighted by Gasteiger charge is 2.44. The molecule has 3 aliphatic heterocycles. The summed E-state index contributed by atoms with van der Waals surface area (Å²) in [5, 5.41) is 5.62. The van der Waals surface area contributed by atoms with Crippen molar-refractivity contribution in [3.8, 4) is 5.75 Å². The lowest BCUT2D eigenvalue weighted by molar-refractivity contribution is 0.269. The molecule has 0 radical (unpaired) electrons. The van der Waals surface area contributed by atoms with Crippen LogP contribution in [0.15, 0.2) is 153 Å². The van der Waals surface area contributed by atoms with E-state index in [-0.39, 0.29) is 29.5 Å². The summed E-state index contributed by atoms with van der Waals surface area (Å²) in [6.07, 6.45) is 47.0. The van der Waals surface area contributed by atoms with E-state index >= 15 is 0 Å². The van der Waals surface area contributed by atoms with Crippen LogP contribution in [0.4, 0.5) is 0 Å². The van der Waals surface area contributed by atoms with E-state index in [1.807, 2.05) is 11.8 Å². The van der Waals surface area contributed by atoms with Crippen molar-refractivity contribution in [3.05, 3.63) is 166 Å². The van der Waals surface area contributed by atoms with Crippen LogP contribution in [-0.4, -0.2) is 33.8 Å². The summed E-state index contributed by atoms with van der Waals surface area (Å²) in [5.74, 6) is 3.11. The number of nitrogens with one attached hydrogen (secondary N) is 1. The second-order valence-corrected chi connectivity index (χ2v) is 18.5. The lowest BCUT2D eigenvalue weighted by Gasteiger charge is -2.30. The number of hydrogen-bond acceptors (Lipinski definition) is 5. The lowest BCUT2D eigenvalue weighted by atomic mass is 9.77. The maximum Gasteiger partial charge on any atom is 0.159 e. The molecular weight excluding hydrogens is 729 g/mol. The van der Waals surface area contributed by atoms with Crippen molar-refractivity contribution in [2.45, 2.75) is 98.5 Å². The summed E-state index contributed by atoms with van der Waals surface area (Å²) in [4.78, 5) is 12.0. The molecule has 12 rings (SSSR count). The number of fused-ring (bicyclic) bond motifs is 10. The van der Waals surface area contributed by atoms with Gasteiger partial charge in [0.25, 0.3) is 0 Å². The zero-order valence-electron chi connectivity index (χ0n) is 33.0. The summed E-state index contributed by atoms with van der Waals surface area (Å²) >= 11 is 2.04. The first-order chi connectivity index (χ1) is 28.6. The molecule has 3 aromatic rings. The highest BCUT2D eigenvalue weighted by atomic mass is 32.2. The smallest absolute Gasteiger partial charge is 0.159 e. The van der Waals surface area contributed by atoms with Gasteiger partial charge in [0.2, 0.25) is 0 Å². The van der Waals surface area contributed by atoms with Crippen LogP contribution in [0, 0.1) is 5.92 Å². The third kappa shape index (κ3) is 5.51. The number of allylic oxidation sites excluding steroid dienone is 14. The Morgan fingerprint density at radius 1 is 0.914 bits per heavy atom. The summed E-state index contributed by atoms with van der Waals surface area (Å²) in [7, 11) is 0. The number of aromatic nitrogens is 1. The third-order valence-corrected chi connectivity index (χ3v) is 15.5. The van der Waals surface area contributed by atoms with Gasteiger partial charge in [0.05, 0.1) is 5.52 Å². The molecule has 5 nitrogen and oxygen atoms in total. The van der Waals surface area contributed by atoms with E-state index in [9.17, 15) is 0 Å². The fraction of sp³-hybridized carbons (Fsp3) is 0.308. The zero-order valence-corrected chi connectivity index (χ0v) is 33.8. The minimum atomic E-state index is -0.0884. The highest BCUT2D eigenvalue weighted by Crippen LogP contribution is 2.56. The minimum Gasteiger partial charge on any atom is -0.485 e. The van der Waals surface area contributed by atoms with E-state index in [0.29, 0.717) is 5.25 Å². The maximum atomic E-state index is 6.90. The molecule has 9 aliphatic rings. The molecule has 1 aromatic heterocycles. The Hall–Kier alpha value is -5.33. The molecule has 1 N–H and O–H groups in total. The first-order valence-corrected chi connectivity index (χ1v) is 22.4. The Morgan fingerprint density at radius 3 is 2.76 bits per heavy atom. The van der Waals surface area contributed by atoms with Gasteiger partial charge in [-0.25, -0.2) is 9.98 Å². The van der Waals surface area contributed by atoms with E-state index in [0.717, 1.165) is 67.9 Å². The lowest BCUT2D eigenvalue weighted by Crippen LogP contribution is -2.43. The first kappa shape index (κ1) is 34.7. The number of nitrogens with zero attached hydrogens (tertiary/aromatic N) is 3. The van der Waals surface area contributed by atoms with Crippen LogP contribution in [0.5, 0.6) is 5.75 Å². The number of thioether (sulfide) groups is 1. The SMILES string of the molecule is CC12C=CC=CC1Sc1c2ccc2c1c1c(n2C2=CC3Oc4cc(C5=NC(C6=CCCCC6)NC(C6C=CC(C7=CC=CCC7)=CC6)=N5)ccc4C3C=C2)CCC=C1. The normalized spacial score (nSPS) is 29.8. The van der Waals surface area contributed by atoms with Crippen molar-refractivity contribution >= 4 is 46.1 Å². The molecule has 6 heteroatoms. The summed E-state index contributed by atoms with van der Waals surface area (Å²) in [6.45, 7) is 2.40. The molecule has 0 amide bonds. The van der Waals surface area contributed by atoms with Crippen molar-refractivity contribution in [2.24, 2.45) is 15.9 Å². The van der Waals surface area contributed by atoms with Gasteiger partial charge in [-0.1, -0.05) is 110 Å². The van der Waals surface area contributed by atoms with E-state index in [4.69, 9.17) is 14.7 Å². The number of aliphatic imine (C=N–C) groups is 2. The third-order valence-electron chi connectivity index (χ3n) is 13.9. The molecule has 288 valence electrons. The number of amidine groups is 2. The number of hydrogen-bond donors (Lipinski definition) is 1. The molecule has 6 unspecified atom stereocenters. The van der Waals surface area contributed by atoms with Crippen LogP contribution in [0.25, 0.3) is 22.7 Å². The summed E-state index contributed by atoms with van der Waals surface area (Å²) in [5.41, 5.74) is 13.2. The Labute approximate surface area is 345 Å². The summed E-state index contributed by atoms with van der Waals surface area (Å²) < 4.78 is 9.44. The fourth-order valence-corrected chi connectivity index (χ4v) is 12.3. The van der Waals surface area contributed by atoms with Gasteiger partial charge in [-0.05, 0) is 104 Å². The number of benzene rings is 2. The molecule has 4 heterocycles. The molecule has 58 heavy (non-hydrogen) atoms. The molecule has 6 aliphatic carbocycles. The van der Waals surface area contributed by atoms with Crippen LogP contribution in [0.3, 0.4) is 0 Å². The van der Waals surface area contributed by atoms with Crippen LogP contribution < -0.4 is 10.1 Å². The molecule has 0 bridgehead atoms. The average molecular weight is 777 g/mol. The maximum absolute atomic E-state index is 6.90. The zero-order chi connectivity index (χ0) is 38.4. The first-order valence-electron chi connectivity index (χ1n) is 21.6. The van der Waals surface area contributed by atoms with E-state index in [1.54, 1.807) is 0 Å². The van der Waals surface area contributed by atoms with Gasteiger partial charge >= 0.3 is 0 Å². The van der Waals surface area contributed by atoms with Crippen molar-refractivity contribution in [1.29, 1.82) is 0 Å². The summed E-state index contributed by atoms with van der Waals surface area (Å²) in [6, 6.07) is 11.5. The molecule has 0 saturated heterocycles. The topological polar surface area (TPSA) is 50.9 Å². The van der Waals surface area contributed by atoms with Crippen molar-refractivity contribution in [2.75, 3.05) is 0 Å². The average Bonchev–Trinajstić information content (AvgIpc) is 3.93. The fourth-order valence-electron chi connectivity index (χ4n) is 10.7. The number of ether oxygens (including phenoxy) is 1. The van der Waals surface area contributed by atoms with Crippen molar-refractivity contribution in [3.63, 3.8) is 0 Å². The van der Waals surface area contributed by atoms with Gasteiger partial charge in [-0.2, -0.15) is 0 Å². The second-order valence-electron chi connectivity index (χ2n) is 17.4. The molecule has 0 spiro atoms.